The van der Waals surface area contributed by atoms with Gasteiger partial charge in [-0.05, 0) is 25.0 Å². The van der Waals surface area contributed by atoms with Crippen molar-refractivity contribution in [3.63, 3.8) is 0 Å². The van der Waals surface area contributed by atoms with E-state index in [9.17, 15) is 4.79 Å². The molecule has 1 unspecified atom stereocenters. The van der Waals surface area contributed by atoms with E-state index in [1.165, 1.54) is 12.8 Å². The number of carbonyl (C=O) groups is 1. The predicted molar refractivity (Wildman–Crippen MR) is 60.5 cm³/mol. The summed E-state index contributed by atoms with van der Waals surface area (Å²) in [7, 11) is 0. The van der Waals surface area contributed by atoms with E-state index < -0.39 is 6.29 Å². The summed E-state index contributed by atoms with van der Waals surface area (Å²) in [6, 6.07) is 3.92. The third-order valence-corrected chi connectivity index (χ3v) is 3.07. The van der Waals surface area contributed by atoms with E-state index >= 15 is 0 Å². The number of hydrogen-bond donors (Lipinski definition) is 0. The van der Waals surface area contributed by atoms with Gasteiger partial charge in [-0.1, -0.05) is 0 Å². The number of ether oxygens (including phenoxy) is 2. The molecule has 2 aliphatic heterocycles. The van der Waals surface area contributed by atoms with Crippen LogP contribution in [-0.4, -0.2) is 30.6 Å². The summed E-state index contributed by atoms with van der Waals surface area (Å²) in [4.78, 5) is 17.5. The molecule has 0 radical (unpaired) electrons. The highest BCUT2D eigenvalue weighted by Gasteiger charge is 2.27. The van der Waals surface area contributed by atoms with Crippen LogP contribution in [0, 0.1) is 0 Å². The van der Waals surface area contributed by atoms with Crippen molar-refractivity contribution >= 4 is 11.7 Å². The molecule has 17 heavy (non-hydrogen) atoms. The van der Waals surface area contributed by atoms with Crippen molar-refractivity contribution in [2.45, 2.75) is 19.1 Å². The molecule has 0 N–H and O–H groups in total. The van der Waals surface area contributed by atoms with E-state index in [-0.39, 0.29) is 12.6 Å². The van der Waals surface area contributed by atoms with Crippen molar-refractivity contribution in [1.82, 2.24) is 4.98 Å². The molecule has 3 heterocycles. The van der Waals surface area contributed by atoms with Crippen molar-refractivity contribution in [1.29, 1.82) is 0 Å². The normalized spacial score (nSPS) is 24.1. The first kappa shape index (κ1) is 10.5. The van der Waals surface area contributed by atoms with E-state index in [4.69, 9.17) is 9.47 Å². The van der Waals surface area contributed by atoms with Crippen molar-refractivity contribution in [3.8, 4) is 0 Å². The lowest BCUT2D eigenvalue weighted by molar-refractivity contribution is -0.143. The van der Waals surface area contributed by atoms with Crippen LogP contribution in [-0.2, 0) is 14.3 Å². The monoisotopic (exact) mass is 234 g/mol. The molecule has 0 saturated carbocycles. The van der Waals surface area contributed by atoms with Gasteiger partial charge in [0.05, 0.1) is 0 Å². The van der Waals surface area contributed by atoms with Crippen LogP contribution in [0.1, 0.15) is 24.8 Å². The second kappa shape index (κ2) is 4.33. The minimum atomic E-state index is -0.634. The summed E-state index contributed by atoms with van der Waals surface area (Å²) in [5.41, 5.74) is 1.79. The van der Waals surface area contributed by atoms with Crippen LogP contribution in [0.4, 0.5) is 5.69 Å². The molecule has 2 saturated heterocycles. The smallest absolute Gasteiger partial charge is 0.334 e. The predicted octanol–water partition coefficient (Wildman–Crippen LogP) is 1.25. The van der Waals surface area contributed by atoms with Gasteiger partial charge in [-0.2, -0.15) is 0 Å². The highest BCUT2D eigenvalue weighted by molar-refractivity contribution is 5.72. The topological polar surface area (TPSA) is 51.7 Å². The molecule has 2 fully saturated rings. The van der Waals surface area contributed by atoms with Crippen molar-refractivity contribution in [3.05, 3.63) is 24.0 Å². The number of nitrogens with zero attached hydrogens (tertiary/aromatic N) is 2. The third kappa shape index (κ3) is 2.10. The zero-order chi connectivity index (χ0) is 11.7. The molecule has 1 aromatic heterocycles. The van der Waals surface area contributed by atoms with Gasteiger partial charge >= 0.3 is 5.97 Å². The molecule has 0 aromatic carbocycles. The Bertz CT molecular complexity index is 430. The second-order valence-electron chi connectivity index (χ2n) is 4.27. The molecule has 3 rings (SSSR count). The number of hydrogen-bond acceptors (Lipinski definition) is 5. The van der Waals surface area contributed by atoms with Gasteiger partial charge < -0.3 is 14.4 Å². The molecule has 2 aliphatic rings. The molecule has 0 spiro atoms. The van der Waals surface area contributed by atoms with E-state index in [0.717, 1.165) is 18.8 Å². The minimum absolute atomic E-state index is 0.0142. The first-order valence-corrected chi connectivity index (χ1v) is 5.85. The largest absolute Gasteiger partial charge is 0.428 e. The number of carbonyl (C=O) groups excluding carboxylic acids is 1. The Morgan fingerprint density at radius 1 is 1.35 bits per heavy atom. The van der Waals surface area contributed by atoms with Crippen LogP contribution in [0.15, 0.2) is 18.3 Å². The fourth-order valence-electron chi connectivity index (χ4n) is 2.21. The Balaban J connectivity index is 1.81. The third-order valence-electron chi connectivity index (χ3n) is 3.07. The molecule has 5 heteroatoms. The van der Waals surface area contributed by atoms with E-state index in [1.807, 2.05) is 12.1 Å². The SMILES string of the molecule is O=C1COC(c2cc(N3CCCC3)ccn2)O1. The van der Waals surface area contributed by atoms with Crippen LogP contribution in [0.3, 0.4) is 0 Å². The van der Waals surface area contributed by atoms with E-state index in [1.54, 1.807) is 6.20 Å². The Morgan fingerprint density at radius 3 is 2.88 bits per heavy atom. The van der Waals surface area contributed by atoms with Crippen molar-refractivity contribution in [2.75, 3.05) is 24.6 Å². The summed E-state index contributed by atoms with van der Waals surface area (Å²) >= 11 is 0. The van der Waals surface area contributed by atoms with E-state index in [0.29, 0.717) is 5.69 Å². The quantitative estimate of drug-likeness (QED) is 0.721. The molecule has 5 nitrogen and oxygen atoms in total. The number of pyridine rings is 1. The molecule has 0 bridgehead atoms. The molecule has 0 aliphatic carbocycles. The van der Waals surface area contributed by atoms with Crippen LogP contribution >= 0.6 is 0 Å². The molecular formula is C12H14N2O3. The molecule has 0 amide bonds. The first-order chi connectivity index (χ1) is 8.33. The number of rotatable bonds is 2. The molecular weight excluding hydrogens is 220 g/mol. The van der Waals surface area contributed by atoms with Gasteiger partial charge in [-0.15, -0.1) is 0 Å². The lowest BCUT2D eigenvalue weighted by Gasteiger charge is -2.18. The summed E-state index contributed by atoms with van der Waals surface area (Å²) < 4.78 is 10.2. The van der Waals surface area contributed by atoms with Gasteiger partial charge in [0.2, 0.25) is 6.29 Å². The average molecular weight is 234 g/mol. The Hall–Kier alpha value is -1.62. The van der Waals surface area contributed by atoms with Crippen LogP contribution in [0.5, 0.6) is 0 Å². The zero-order valence-electron chi connectivity index (χ0n) is 9.46. The number of cyclic esters (lactones) is 1. The van der Waals surface area contributed by atoms with Crippen molar-refractivity contribution in [2.24, 2.45) is 0 Å². The van der Waals surface area contributed by atoms with Crippen LogP contribution < -0.4 is 4.90 Å². The van der Waals surface area contributed by atoms with Gasteiger partial charge in [-0.3, -0.25) is 4.98 Å². The highest BCUT2D eigenvalue weighted by Crippen LogP contribution is 2.26. The lowest BCUT2D eigenvalue weighted by atomic mass is 10.3. The van der Waals surface area contributed by atoms with Crippen LogP contribution in [0.25, 0.3) is 0 Å². The Labute approximate surface area is 99.3 Å². The van der Waals surface area contributed by atoms with Crippen LogP contribution in [0.2, 0.25) is 0 Å². The number of aromatic nitrogens is 1. The molecule has 1 atom stereocenters. The highest BCUT2D eigenvalue weighted by atomic mass is 16.7. The maximum Gasteiger partial charge on any atom is 0.334 e. The maximum absolute atomic E-state index is 11.0. The number of anilines is 1. The first-order valence-electron chi connectivity index (χ1n) is 5.85. The minimum Gasteiger partial charge on any atom is -0.428 e. The summed E-state index contributed by atoms with van der Waals surface area (Å²) in [6.07, 6.45) is 3.56. The second-order valence-corrected chi connectivity index (χ2v) is 4.27. The van der Waals surface area contributed by atoms with Gasteiger partial charge in [0.1, 0.15) is 12.3 Å². The van der Waals surface area contributed by atoms with E-state index in [2.05, 4.69) is 9.88 Å². The Kier molecular flexibility index (Phi) is 2.68. The maximum atomic E-state index is 11.0. The average Bonchev–Trinajstić information content (AvgIpc) is 3.00. The molecule has 90 valence electrons. The van der Waals surface area contributed by atoms with Gasteiger partial charge in [0.25, 0.3) is 0 Å². The summed E-state index contributed by atoms with van der Waals surface area (Å²) in [5.74, 6) is -0.330. The summed E-state index contributed by atoms with van der Waals surface area (Å²) in [6.45, 7) is 2.17. The van der Waals surface area contributed by atoms with Gasteiger partial charge in [0, 0.05) is 25.0 Å². The fraction of sp³-hybridized carbons (Fsp3) is 0.500. The summed E-state index contributed by atoms with van der Waals surface area (Å²) in [5, 5.41) is 0. The zero-order valence-corrected chi connectivity index (χ0v) is 9.46. The standard InChI is InChI=1S/C12H14N2O3/c15-11-8-16-12(17-11)10-7-9(3-4-13-10)14-5-1-2-6-14/h3-4,7,12H,1-2,5-6,8H2. The van der Waals surface area contributed by atoms with Gasteiger partial charge in [-0.25, -0.2) is 4.79 Å². The van der Waals surface area contributed by atoms with Gasteiger partial charge in [0.15, 0.2) is 0 Å². The lowest BCUT2D eigenvalue weighted by Crippen LogP contribution is -2.18. The van der Waals surface area contributed by atoms with Crippen molar-refractivity contribution < 1.29 is 14.3 Å². The number of esters is 1. The fourth-order valence-corrected chi connectivity index (χ4v) is 2.21. The Morgan fingerprint density at radius 2 is 2.18 bits per heavy atom. The molecule has 1 aromatic rings.